The maximum absolute atomic E-state index is 11.9. The summed E-state index contributed by atoms with van der Waals surface area (Å²) in [6.45, 7) is 10.8. The Morgan fingerprint density at radius 3 is 1.79 bits per heavy atom. The molecule has 2 rings (SSSR count). The smallest absolute Gasteiger partial charge is 0.319 e. The molecular formula is C23H31NO4. The van der Waals surface area contributed by atoms with Crippen molar-refractivity contribution in [2.45, 2.75) is 46.6 Å². The van der Waals surface area contributed by atoms with E-state index in [0.29, 0.717) is 13.2 Å². The molecule has 0 fully saturated rings. The summed E-state index contributed by atoms with van der Waals surface area (Å²) in [5.74, 6) is 0.879. The Labute approximate surface area is 167 Å². The SMILES string of the molecule is CCOc1cc(C)ccc1C(c1ccc(C)cc1OCC)C(C)OC(=O)CN. The van der Waals surface area contributed by atoms with Gasteiger partial charge < -0.3 is 19.9 Å². The zero-order valence-electron chi connectivity index (χ0n) is 17.5. The third-order valence-electron chi connectivity index (χ3n) is 4.56. The molecule has 0 radical (unpaired) electrons. The van der Waals surface area contributed by atoms with Gasteiger partial charge in [-0.3, -0.25) is 4.79 Å². The number of carbonyl (C=O) groups excluding carboxylic acids is 1. The quantitative estimate of drug-likeness (QED) is 0.658. The summed E-state index contributed by atoms with van der Waals surface area (Å²) in [6.07, 6.45) is -0.445. The van der Waals surface area contributed by atoms with E-state index >= 15 is 0 Å². The van der Waals surface area contributed by atoms with Gasteiger partial charge in [-0.2, -0.15) is 0 Å². The molecule has 1 atom stereocenters. The molecule has 2 aromatic rings. The molecule has 0 saturated heterocycles. The van der Waals surface area contributed by atoms with Crippen molar-refractivity contribution in [3.63, 3.8) is 0 Å². The van der Waals surface area contributed by atoms with E-state index < -0.39 is 12.1 Å². The van der Waals surface area contributed by atoms with Gasteiger partial charge in [-0.1, -0.05) is 24.3 Å². The standard InChI is InChI=1S/C23H31NO4/c1-6-26-20-12-15(3)8-10-18(20)23(17(5)28-22(25)14-24)19-11-9-16(4)13-21(19)27-7-2/h8-13,17,23H,6-7,14,24H2,1-5H3. The lowest BCUT2D eigenvalue weighted by molar-refractivity contribution is -0.147. The van der Waals surface area contributed by atoms with Crippen molar-refractivity contribution in [2.24, 2.45) is 5.73 Å². The Kier molecular flexibility index (Phi) is 7.88. The second-order valence-corrected chi connectivity index (χ2v) is 6.83. The normalized spacial score (nSPS) is 12.0. The van der Waals surface area contributed by atoms with Gasteiger partial charge in [0.25, 0.3) is 0 Å². The van der Waals surface area contributed by atoms with Crippen molar-refractivity contribution in [2.75, 3.05) is 19.8 Å². The minimum atomic E-state index is -0.445. The number of esters is 1. The van der Waals surface area contributed by atoms with E-state index in [2.05, 4.69) is 0 Å². The first-order valence-electron chi connectivity index (χ1n) is 9.77. The molecule has 0 aliphatic heterocycles. The molecule has 28 heavy (non-hydrogen) atoms. The molecule has 0 spiro atoms. The van der Waals surface area contributed by atoms with Crippen LogP contribution in [0.25, 0.3) is 0 Å². The van der Waals surface area contributed by atoms with Crippen LogP contribution in [0, 0.1) is 13.8 Å². The molecule has 0 amide bonds. The Morgan fingerprint density at radius 2 is 1.39 bits per heavy atom. The maximum atomic E-state index is 11.9. The molecule has 2 aromatic carbocycles. The van der Waals surface area contributed by atoms with Crippen LogP contribution in [-0.2, 0) is 9.53 Å². The van der Waals surface area contributed by atoms with Gasteiger partial charge in [0.1, 0.15) is 17.6 Å². The molecule has 1 unspecified atom stereocenters. The molecule has 0 saturated carbocycles. The van der Waals surface area contributed by atoms with Gasteiger partial charge in [-0.05, 0) is 57.9 Å². The fraction of sp³-hybridized carbons (Fsp3) is 0.435. The molecule has 5 heteroatoms. The molecular weight excluding hydrogens is 354 g/mol. The van der Waals surface area contributed by atoms with Gasteiger partial charge >= 0.3 is 5.97 Å². The molecule has 0 aliphatic rings. The summed E-state index contributed by atoms with van der Waals surface area (Å²) in [5.41, 5.74) is 9.58. The minimum absolute atomic E-state index is 0.157. The fourth-order valence-corrected chi connectivity index (χ4v) is 3.35. The number of aryl methyl sites for hydroxylation is 2. The van der Waals surface area contributed by atoms with Crippen LogP contribution in [0.5, 0.6) is 11.5 Å². The second kappa shape index (κ2) is 10.1. The maximum Gasteiger partial charge on any atom is 0.319 e. The number of hydrogen-bond acceptors (Lipinski definition) is 5. The summed E-state index contributed by atoms with van der Waals surface area (Å²) in [5, 5.41) is 0. The van der Waals surface area contributed by atoms with Gasteiger partial charge in [0, 0.05) is 11.1 Å². The lowest BCUT2D eigenvalue weighted by Crippen LogP contribution is -2.28. The van der Waals surface area contributed by atoms with Gasteiger partial charge in [0.05, 0.1) is 25.7 Å². The van der Waals surface area contributed by atoms with Crippen LogP contribution in [0.4, 0.5) is 0 Å². The third kappa shape index (κ3) is 5.26. The van der Waals surface area contributed by atoms with Crippen molar-refractivity contribution < 1.29 is 19.0 Å². The van der Waals surface area contributed by atoms with Crippen molar-refractivity contribution >= 4 is 5.97 Å². The van der Waals surface area contributed by atoms with Gasteiger partial charge in [-0.25, -0.2) is 0 Å². The number of ether oxygens (including phenoxy) is 3. The molecule has 2 N–H and O–H groups in total. The van der Waals surface area contributed by atoms with E-state index in [0.717, 1.165) is 33.8 Å². The first-order chi connectivity index (χ1) is 13.4. The van der Waals surface area contributed by atoms with Gasteiger partial charge in [0.2, 0.25) is 0 Å². The summed E-state index contributed by atoms with van der Waals surface area (Å²) < 4.78 is 17.5. The topological polar surface area (TPSA) is 70.8 Å². The number of hydrogen-bond donors (Lipinski definition) is 1. The Bertz CT molecular complexity index is 748. The lowest BCUT2D eigenvalue weighted by Gasteiger charge is -2.28. The Hall–Kier alpha value is -2.53. The van der Waals surface area contributed by atoms with E-state index in [4.69, 9.17) is 19.9 Å². The number of benzene rings is 2. The lowest BCUT2D eigenvalue weighted by atomic mass is 9.85. The van der Waals surface area contributed by atoms with Crippen molar-refractivity contribution in [3.8, 4) is 11.5 Å². The zero-order valence-corrected chi connectivity index (χ0v) is 17.5. The molecule has 5 nitrogen and oxygen atoms in total. The Morgan fingerprint density at radius 1 is 0.929 bits per heavy atom. The minimum Gasteiger partial charge on any atom is -0.494 e. The van der Waals surface area contributed by atoms with E-state index in [1.54, 1.807) is 0 Å². The molecule has 0 bridgehead atoms. The monoisotopic (exact) mass is 385 g/mol. The molecule has 0 heterocycles. The van der Waals surface area contributed by atoms with Crippen LogP contribution in [0.3, 0.4) is 0 Å². The first kappa shape index (κ1) is 21.8. The summed E-state index contributed by atoms with van der Waals surface area (Å²) in [6, 6.07) is 12.2. The van der Waals surface area contributed by atoms with Gasteiger partial charge in [-0.15, -0.1) is 0 Å². The molecule has 0 aliphatic carbocycles. The van der Waals surface area contributed by atoms with Crippen molar-refractivity contribution in [3.05, 3.63) is 58.7 Å². The van der Waals surface area contributed by atoms with E-state index in [1.807, 2.05) is 71.0 Å². The van der Waals surface area contributed by atoms with Crippen LogP contribution in [0.2, 0.25) is 0 Å². The summed E-state index contributed by atoms with van der Waals surface area (Å²) in [4.78, 5) is 11.9. The fourth-order valence-electron chi connectivity index (χ4n) is 3.35. The number of carbonyl (C=O) groups is 1. The van der Waals surface area contributed by atoms with E-state index in [-0.39, 0.29) is 12.5 Å². The van der Waals surface area contributed by atoms with E-state index in [1.165, 1.54) is 0 Å². The zero-order chi connectivity index (χ0) is 20.7. The first-order valence-corrected chi connectivity index (χ1v) is 9.77. The summed E-state index contributed by atoms with van der Waals surface area (Å²) in [7, 11) is 0. The van der Waals surface area contributed by atoms with E-state index in [9.17, 15) is 4.79 Å². The van der Waals surface area contributed by atoms with Crippen LogP contribution in [0.15, 0.2) is 36.4 Å². The highest BCUT2D eigenvalue weighted by Gasteiger charge is 2.30. The van der Waals surface area contributed by atoms with Crippen LogP contribution in [-0.4, -0.2) is 31.8 Å². The highest BCUT2D eigenvalue weighted by molar-refractivity contribution is 5.71. The predicted octanol–water partition coefficient (Wildman–Crippen LogP) is 4.12. The van der Waals surface area contributed by atoms with Crippen LogP contribution >= 0.6 is 0 Å². The third-order valence-corrected chi connectivity index (χ3v) is 4.56. The largest absolute Gasteiger partial charge is 0.494 e. The second-order valence-electron chi connectivity index (χ2n) is 6.83. The van der Waals surface area contributed by atoms with Gasteiger partial charge in [0.15, 0.2) is 0 Å². The Balaban J connectivity index is 2.63. The van der Waals surface area contributed by atoms with Crippen LogP contribution in [0.1, 0.15) is 48.9 Å². The highest BCUT2D eigenvalue weighted by atomic mass is 16.5. The van der Waals surface area contributed by atoms with Crippen LogP contribution < -0.4 is 15.2 Å². The predicted molar refractivity (Wildman–Crippen MR) is 111 cm³/mol. The number of rotatable bonds is 9. The number of nitrogens with two attached hydrogens (primary N) is 1. The molecule has 152 valence electrons. The average molecular weight is 386 g/mol. The summed E-state index contributed by atoms with van der Waals surface area (Å²) >= 11 is 0. The van der Waals surface area contributed by atoms with Crippen molar-refractivity contribution in [1.29, 1.82) is 0 Å². The molecule has 0 aromatic heterocycles. The average Bonchev–Trinajstić information content (AvgIpc) is 2.65. The highest BCUT2D eigenvalue weighted by Crippen LogP contribution is 2.40. The van der Waals surface area contributed by atoms with Crippen molar-refractivity contribution in [1.82, 2.24) is 0 Å².